The van der Waals surface area contributed by atoms with Gasteiger partial charge in [0, 0.05) is 49.3 Å². The lowest BCUT2D eigenvalue weighted by atomic mass is 10.0. The predicted molar refractivity (Wildman–Crippen MR) is 134 cm³/mol. The van der Waals surface area contributed by atoms with Crippen molar-refractivity contribution in [1.29, 1.82) is 0 Å². The monoisotopic (exact) mass is 491 g/mol. The molecule has 3 rings (SSSR count). The van der Waals surface area contributed by atoms with E-state index < -0.39 is 0 Å². The summed E-state index contributed by atoms with van der Waals surface area (Å²) in [7, 11) is 1.78. The van der Waals surface area contributed by atoms with Crippen LogP contribution in [0.2, 0.25) is 5.02 Å². The zero-order valence-corrected chi connectivity index (χ0v) is 21.5. The van der Waals surface area contributed by atoms with Gasteiger partial charge in [0.05, 0.1) is 17.9 Å². The smallest absolute Gasteiger partial charge is 0.257 e. The van der Waals surface area contributed by atoms with Crippen molar-refractivity contribution < 1.29 is 9.53 Å². The summed E-state index contributed by atoms with van der Waals surface area (Å²) in [6.45, 7) is 7.39. The summed E-state index contributed by atoms with van der Waals surface area (Å²) in [6, 6.07) is 7.60. The van der Waals surface area contributed by atoms with Crippen molar-refractivity contribution in [3.8, 4) is 0 Å². The Morgan fingerprint density at radius 2 is 1.97 bits per heavy atom. The molecule has 0 radical (unpaired) electrons. The van der Waals surface area contributed by atoms with Crippen molar-refractivity contribution >= 4 is 29.3 Å². The van der Waals surface area contributed by atoms with Crippen LogP contribution in [0.5, 0.6) is 0 Å². The lowest BCUT2D eigenvalue weighted by Crippen LogP contribution is -2.48. The Bertz CT molecular complexity index is 1020. The first kappa shape index (κ1) is 25.8. The quantitative estimate of drug-likeness (QED) is 0.294. The fraction of sp³-hybridized carbons (Fsp3) is 0.560. The Morgan fingerprint density at radius 3 is 2.64 bits per heavy atom. The van der Waals surface area contributed by atoms with E-state index in [-0.39, 0.29) is 23.7 Å². The normalized spacial score (nSPS) is 18.5. The van der Waals surface area contributed by atoms with Crippen LogP contribution in [0, 0.1) is 0 Å². The minimum absolute atomic E-state index is 0.00457. The molecule has 1 saturated heterocycles. The third-order valence-corrected chi connectivity index (χ3v) is 7.17. The summed E-state index contributed by atoms with van der Waals surface area (Å²) in [5.41, 5.74) is 2.57. The summed E-state index contributed by atoms with van der Waals surface area (Å²) in [6.07, 6.45) is 3.68. The van der Waals surface area contributed by atoms with E-state index in [0.717, 1.165) is 40.6 Å². The van der Waals surface area contributed by atoms with Gasteiger partial charge in [0.1, 0.15) is 0 Å². The van der Waals surface area contributed by atoms with Gasteiger partial charge in [-0.25, -0.2) is 4.98 Å². The molecule has 8 heteroatoms. The Hall–Kier alpha value is -1.83. The third kappa shape index (κ3) is 7.08. The molecule has 2 aromatic rings. The number of thioether (sulfide) groups is 1. The molecular formula is C25H34ClN3O3S. The lowest BCUT2D eigenvalue weighted by molar-refractivity contribution is -0.143. The highest BCUT2D eigenvalue weighted by atomic mass is 35.5. The number of ether oxygens (including phenoxy) is 1. The van der Waals surface area contributed by atoms with Gasteiger partial charge in [-0.1, -0.05) is 42.4 Å². The number of rotatable bonds is 9. The van der Waals surface area contributed by atoms with Crippen LogP contribution in [0.3, 0.4) is 0 Å². The van der Waals surface area contributed by atoms with Crippen LogP contribution in [0.15, 0.2) is 34.2 Å². The molecule has 1 aliphatic rings. The summed E-state index contributed by atoms with van der Waals surface area (Å²) >= 11 is 7.69. The van der Waals surface area contributed by atoms with Crippen LogP contribution >= 0.6 is 23.4 Å². The molecule has 0 aliphatic carbocycles. The maximum atomic E-state index is 13.1. The van der Waals surface area contributed by atoms with Crippen molar-refractivity contribution in [2.24, 2.45) is 7.05 Å². The summed E-state index contributed by atoms with van der Waals surface area (Å²) in [5, 5.41) is 1.40. The number of hydrogen-bond donors (Lipinski definition) is 0. The van der Waals surface area contributed by atoms with E-state index in [1.54, 1.807) is 23.4 Å². The van der Waals surface area contributed by atoms with Gasteiger partial charge in [-0.2, -0.15) is 0 Å². The van der Waals surface area contributed by atoms with Gasteiger partial charge >= 0.3 is 0 Å². The summed E-state index contributed by atoms with van der Waals surface area (Å²) in [4.78, 5) is 32.3. The lowest BCUT2D eigenvalue weighted by Gasteiger charge is -2.35. The maximum absolute atomic E-state index is 13.1. The molecule has 2 atom stereocenters. The SMILES string of the molecule is CCc1nc(SCCCCC(=O)N2CC(C)OC(C)C2)n(C)c(=O)c1Cc1cccc(Cl)c1. The van der Waals surface area contributed by atoms with Crippen molar-refractivity contribution in [3.63, 3.8) is 0 Å². The molecule has 0 saturated carbocycles. The molecule has 33 heavy (non-hydrogen) atoms. The molecule has 1 aromatic carbocycles. The number of carbonyl (C=O) groups excluding carboxylic acids is 1. The largest absolute Gasteiger partial charge is 0.372 e. The molecule has 180 valence electrons. The fourth-order valence-corrected chi connectivity index (χ4v) is 5.40. The van der Waals surface area contributed by atoms with Crippen LogP contribution in [-0.4, -0.2) is 51.4 Å². The Kier molecular flexibility index (Phi) is 9.41. The zero-order valence-electron chi connectivity index (χ0n) is 20.0. The van der Waals surface area contributed by atoms with E-state index in [1.807, 2.05) is 49.9 Å². The van der Waals surface area contributed by atoms with Crippen molar-refractivity contribution in [2.45, 2.75) is 70.2 Å². The number of unbranched alkanes of at least 4 members (excludes halogenated alkanes) is 1. The average molecular weight is 492 g/mol. The van der Waals surface area contributed by atoms with Gasteiger partial charge in [0.25, 0.3) is 5.56 Å². The number of hydrogen-bond acceptors (Lipinski definition) is 5. The number of benzene rings is 1. The second-order valence-electron chi connectivity index (χ2n) is 8.71. The Labute approximate surface area is 205 Å². The molecule has 1 aromatic heterocycles. The fourth-order valence-electron chi connectivity index (χ4n) is 4.20. The number of aromatic nitrogens is 2. The van der Waals surface area contributed by atoms with Crippen LogP contribution in [0.4, 0.5) is 0 Å². The highest BCUT2D eigenvalue weighted by Gasteiger charge is 2.25. The van der Waals surface area contributed by atoms with Gasteiger partial charge in [0.2, 0.25) is 5.91 Å². The topological polar surface area (TPSA) is 64.4 Å². The molecule has 0 bridgehead atoms. The minimum Gasteiger partial charge on any atom is -0.372 e. The zero-order chi connectivity index (χ0) is 24.0. The molecule has 0 spiro atoms. The van der Waals surface area contributed by atoms with Crippen molar-refractivity contribution in [2.75, 3.05) is 18.8 Å². The van der Waals surface area contributed by atoms with Crippen LogP contribution in [0.1, 0.15) is 56.9 Å². The Balaban J connectivity index is 1.55. The van der Waals surface area contributed by atoms with Gasteiger partial charge in [-0.05, 0) is 50.8 Å². The highest BCUT2D eigenvalue weighted by molar-refractivity contribution is 7.99. The number of halogens is 1. The van der Waals surface area contributed by atoms with Gasteiger partial charge < -0.3 is 9.64 Å². The number of aryl methyl sites for hydroxylation is 1. The van der Waals surface area contributed by atoms with Crippen LogP contribution in [0.25, 0.3) is 0 Å². The van der Waals surface area contributed by atoms with E-state index in [1.165, 1.54) is 0 Å². The van der Waals surface area contributed by atoms with Gasteiger partial charge in [-0.3, -0.25) is 14.2 Å². The molecule has 0 N–H and O–H groups in total. The molecule has 2 unspecified atom stereocenters. The first-order chi connectivity index (χ1) is 15.8. The molecular weight excluding hydrogens is 458 g/mol. The summed E-state index contributed by atoms with van der Waals surface area (Å²) in [5.74, 6) is 1.02. The second kappa shape index (κ2) is 12.0. The van der Waals surface area contributed by atoms with E-state index in [4.69, 9.17) is 21.3 Å². The number of amides is 1. The highest BCUT2D eigenvalue weighted by Crippen LogP contribution is 2.21. The maximum Gasteiger partial charge on any atom is 0.257 e. The van der Waals surface area contributed by atoms with E-state index in [0.29, 0.717) is 37.4 Å². The second-order valence-corrected chi connectivity index (χ2v) is 10.2. The van der Waals surface area contributed by atoms with E-state index in [9.17, 15) is 9.59 Å². The van der Waals surface area contributed by atoms with E-state index in [2.05, 4.69) is 0 Å². The number of morpholine rings is 1. The van der Waals surface area contributed by atoms with E-state index >= 15 is 0 Å². The van der Waals surface area contributed by atoms with Crippen LogP contribution in [-0.2, 0) is 29.4 Å². The Morgan fingerprint density at radius 1 is 1.24 bits per heavy atom. The third-order valence-electron chi connectivity index (χ3n) is 5.82. The van der Waals surface area contributed by atoms with Crippen molar-refractivity contribution in [1.82, 2.24) is 14.5 Å². The average Bonchev–Trinajstić information content (AvgIpc) is 2.77. The summed E-state index contributed by atoms with van der Waals surface area (Å²) < 4.78 is 7.35. The number of carbonyl (C=O) groups is 1. The van der Waals surface area contributed by atoms with Crippen molar-refractivity contribution in [3.05, 3.63) is 56.5 Å². The first-order valence-corrected chi connectivity index (χ1v) is 13.0. The standard InChI is InChI=1S/C25H34ClN3O3S/c1-5-22-21(14-19-9-8-10-20(26)13-19)24(31)28(4)25(27-22)33-12-7-6-11-23(30)29-15-17(2)32-18(3)16-29/h8-10,13,17-18H,5-7,11-12,14-16H2,1-4H3. The number of nitrogens with zero attached hydrogens (tertiary/aromatic N) is 3. The minimum atomic E-state index is -0.00457. The molecule has 6 nitrogen and oxygen atoms in total. The molecule has 1 amide bonds. The molecule has 1 fully saturated rings. The van der Waals surface area contributed by atoms with Gasteiger partial charge in [-0.15, -0.1) is 0 Å². The molecule has 2 heterocycles. The first-order valence-electron chi connectivity index (χ1n) is 11.7. The molecule has 1 aliphatic heterocycles. The van der Waals surface area contributed by atoms with Crippen LogP contribution < -0.4 is 5.56 Å². The predicted octanol–water partition coefficient (Wildman–Crippen LogP) is 4.49. The van der Waals surface area contributed by atoms with Gasteiger partial charge in [0.15, 0.2) is 5.16 Å².